The Hall–Kier alpha value is -1.09. The van der Waals surface area contributed by atoms with Gasteiger partial charge in [-0.15, -0.1) is 0 Å². The Bertz CT molecular complexity index is 693. The Balaban J connectivity index is 6.55. The highest BCUT2D eigenvalue weighted by atomic mass is 28.4. The van der Waals surface area contributed by atoms with Crippen LogP contribution in [-0.2, 0) is 8.85 Å². The van der Waals surface area contributed by atoms with E-state index in [-0.39, 0.29) is 0 Å². The van der Waals surface area contributed by atoms with Gasteiger partial charge in [0.15, 0.2) is 0 Å². The fraction of sp³-hybridized carbons (Fsp3) is 1.00. The summed E-state index contributed by atoms with van der Waals surface area (Å²) in [5, 5.41) is 8.97. The normalized spacial score (nSPS) is 16.2. The lowest BCUT2D eigenvalue weighted by Gasteiger charge is -2.43. The molecule has 0 unspecified atom stereocenters. The van der Waals surface area contributed by atoms with Crippen molar-refractivity contribution in [3.05, 3.63) is 0 Å². The number of hydrogen-bond donors (Lipinski definition) is 1. The van der Waals surface area contributed by atoms with Gasteiger partial charge in [0.25, 0.3) is 0 Å². The minimum atomic E-state index is -8.66. The van der Waals surface area contributed by atoms with Gasteiger partial charge in [0, 0.05) is 20.6 Å². The molecule has 0 aromatic carbocycles. The molecule has 0 radical (unpaired) electrons. The second-order valence-corrected chi connectivity index (χ2v) is 10.1. The van der Waals surface area contributed by atoms with Crippen molar-refractivity contribution in [2.24, 2.45) is 0 Å². The van der Waals surface area contributed by atoms with E-state index in [1.807, 2.05) is 0 Å². The Morgan fingerprint density at radius 1 is 0.529 bits per heavy atom. The Morgan fingerprint density at radius 2 is 0.824 bits per heavy atom. The van der Waals surface area contributed by atoms with Gasteiger partial charge in [-0.1, -0.05) is 0 Å². The lowest BCUT2D eigenvalue weighted by Crippen LogP contribution is -2.74. The minimum absolute atomic E-state index is 0.633. The summed E-state index contributed by atoms with van der Waals surface area (Å²) in [5.41, 5.74) is 0. The van der Waals surface area contributed by atoms with Gasteiger partial charge in [0.05, 0.1) is 6.23 Å². The number of hydrogen-bond acceptors (Lipinski definition) is 3. The number of alkyl halides is 17. The van der Waals surface area contributed by atoms with Crippen LogP contribution in [0.3, 0.4) is 0 Å². The summed E-state index contributed by atoms with van der Waals surface area (Å²) in [5.74, 6) is -56.6. The van der Waals surface area contributed by atoms with Gasteiger partial charge in [0.2, 0.25) is 0 Å². The molecule has 21 heteroatoms. The third kappa shape index (κ3) is 4.55. The van der Waals surface area contributed by atoms with Gasteiger partial charge < -0.3 is 14.0 Å². The first kappa shape index (κ1) is 32.9. The molecule has 0 aliphatic heterocycles. The molecule has 0 amide bonds. The van der Waals surface area contributed by atoms with Crippen molar-refractivity contribution >= 4 is 8.56 Å². The Labute approximate surface area is 179 Å². The number of aliphatic hydroxyl groups excluding tert-OH is 1. The molecule has 0 atom stereocenters. The first-order valence-corrected chi connectivity index (χ1v) is 10.3. The average molecular weight is 568 g/mol. The van der Waals surface area contributed by atoms with Crippen LogP contribution in [0.15, 0.2) is 0 Å². The molecule has 0 aromatic heterocycles. The van der Waals surface area contributed by atoms with Gasteiger partial charge in [-0.05, 0) is 6.04 Å². The maximum atomic E-state index is 13.8. The molecule has 0 spiro atoms. The Morgan fingerprint density at radius 3 is 1.09 bits per heavy atom. The molecule has 0 fully saturated rings. The zero-order valence-electron chi connectivity index (χ0n) is 16.3. The topological polar surface area (TPSA) is 38.7 Å². The fourth-order valence-corrected chi connectivity index (χ4v) is 3.88. The van der Waals surface area contributed by atoms with Crippen molar-refractivity contribution < 1.29 is 88.6 Å². The molecule has 0 aliphatic rings. The van der Waals surface area contributed by atoms with Crippen LogP contribution < -0.4 is 0 Å². The van der Waals surface area contributed by atoms with Crippen LogP contribution in [-0.4, -0.2) is 81.8 Å². The predicted octanol–water partition coefficient (Wildman–Crippen LogP) is 5.65. The number of halogens is 17. The van der Waals surface area contributed by atoms with Crippen molar-refractivity contribution in [2.45, 2.75) is 60.1 Å². The Kier molecular flexibility index (Phi) is 8.80. The zero-order valence-corrected chi connectivity index (χ0v) is 17.3. The molecular weight excluding hydrogens is 555 g/mol. The van der Waals surface area contributed by atoms with E-state index in [0.29, 0.717) is 14.2 Å². The molecule has 0 heterocycles. The van der Waals surface area contributed by atoms with Crippen LogP contribution in [0, 0.1) is 0 Å². The molecule has 206 valence electrons. The summed E-state index contributed by atoms with van der Waals surface area (Å²) in [6, 6.07) is -1.63. The van der Waals surface area contributed by atoms with Crippen LogP contribution in [0.25, 0.3) is 0 Å². The largest absolute Gasteiger partial charge is 0.460 e. The van der Waals surface area contributed by atoms with E-state index in [2.05, 4.69) is 8.85 Å². The lowest BCUT2D eigenvalue weighted by molar-refractivity contribution is -0.461. The summed E-state index contributed by atoms with van der Waals surface area (Å²) in [6.07, 6.45) is -11.8. The first-order chi connectivity index (χ1) is 14.6. The van der Waals surface area contributed by atoms with E-state index in [4.69, 9.17) is 5.11 Å². The van der Waals surface area contributed by atoms with Crippen LogP contribution in [0.1, 0.15) is 6.42 Å². The summed E-state index contributed by atoms with van der Waals surface area (Å²) in [7, 11) is -3.04. The number of rotatable bonds is 12. The zero-order chi connectivity index (χ0) is 28.0. The van der Waals surface area contributed by atoms with Crippen molar-refractivity contribution in [3.63, 3.8) is 0 Å². The van der Waals surface area contributed by atoms with E-state index < -0.39 is 74.9 Å². The predicted molar refractivity (Wildman–Crippen MR) is 77.0 cm³/mol. The molecule has 3 nitrogen and oxygen atoms in total. The van der Waals surface area contributed by atoms with E-state index in [1.54, 1.807) is 0 Å². The summed E-state index contributed by atoms with van der Waals surface area (Å²) in [6.45, 7) is 0. The molecule has 0 aromatic rings. The van der Waals surface area contributed by atoms with E-state index in [9.17, 15) is 74.6 Å². The molecule has 0 saturated carbocycles. The van der Waals surface area contributed by atoms with Crippen molar-refractivity contribution in [3.8, 4) is 0 Å². The van der Waals surface area contributed by atoms with Crippen LogP contribution in [0.2, 0.25) is 6.04 Å². The smallest absolute Gasteiger partial charge is 0.396 e. The van der Waals surface area contributed by atoms with Crippen molar-refractivity contribution in [2.75, 3.05) is 20.4 Å². The van der Waals surface area contributed by atoms with Crippen molar-refractivity contribution in [1.82, 2.24) is 0 Å². The second-order valence-electron chi connectivity index (χ2n) is 6.63. The van der Waals surface area contributed by atoms with Gasteiger partial charge >= 0.3 is 56.2 Å². The van der Waals surface area contributed by atoms with Gasteiger partial charge in [-0.3, -0.25) is 0 Å². The fourth-order valence-electron chi connectivity index (χ4n) is 2.20. The van der Waals surface area contributed by atoms with Gasteiger partial charge in [-0.2, -0.15) is 74.6 Å². The average Bonchev–Trinajstić information content (AvgIpc) is 2.67. The third-order valence-corrected chi connectivity index (χ3v) is 7.57. The summed E-state index contributed by atoms with van der Waals surface area (Å²) >= 11 is 0. The highest BCUT2D eigenvalue weighted by Gasteiger charge is 2.95. The van der Waals surface area contributed by atoms with E-state index >= 15 is 0 Å². The molecule has 0 rings (SSSR count). The molecule has 0 aliphatic carbocycles. The first-order valence-electron chi connectivity index (χ1n) is 8.06. The number of aliphatic hydroxyl groups is 1. The molecule has 0 bridgehead atoms. The highest BCUT2D eigenvalue weighted by Crippen LogP contribution is 2.64. The van der Waals surface area contributed by atoms with Crippen LogP contribution in [0.5, 0.6) is 0 Å². The molecule has 34 heavy (non-hydrogen) atoms. The van der Waals surface area contributed by atoms with Crippen molar-refractivity contribution in [1.29, 1.82) is 0 Å². The monoisotopic (exact) mass is 568 g/mol. The maximum absolute atomic E-state index is 13.8. The molecule has 0 saturated heterocycles. The quantitative estimate of drug-likeness (QED) is 0.244. The minimum Gasteiger partial charge on any atom is -0.396 e. The summed E-state index contributed by atoms with van der Waals surface area (Å²) < 4.78 is 232. The summed E-state index contributed by atoms with van der Waals surface area (Å²) in [4.78, 5) is 0. The molecule has 1 N–H and O–H groups in total. The standard InChI is InChI=1S/C13H13F17O3Si/c1-32-34(5-31,33-2)4-3-6(14,15)7(16,17)8(18,19)9(20,21)10(22,23)11(24,25)12(26,27)13(28,29)30/h31H,3-5H2,1-2H3. The highest BCUT2D eigenvalue weighted by molar-refractivity contribution is 6.67. The third-order valence-electron chi connectivity index (χ3n) is 4.59. The lowest BCUT2D eigenvalue weighted by atomic mass is 9.88. The maximum Gasteiger partial charge on any atom is 0.460 e. The SMILES string of the molecule is CO[Si](CO)(CCC(F)(F)C(F)(F)C(F)(F)C(F)(F)C(F)(F)C(F)(F)C(F)(F)C(F)(F)F)OC. The van der Waals surface area contributed by atoms with Crippen LogP contribution >= 0.6 is 0 Å². The van der Waals surface area contributed by atoms with Gasteiger partial charge in [-0.25, -0.2) is 0 Å². The molecular formula is C13H13F17O3Si. The van der Waals surface area contributed by atoms with Crippen LogP contribution in [0.4, 0.5) is 74.6 Å². The second kappa shape index (κ2) is 9.09. The van der Waals surface area contributed by atoms with E-state index in [1.165, 1.54) is 0 Å². The van der Waals surface area contributed by atoms with Gasteiger partial charge in [0.1, 0.15) is 0 Å². The van der Waals surface area contributed by atoms with E-state index in [0.717, 1.165) is 0 Å².